The predicted molar refractivity (Wildman–Crippen MR) is 66.6 cm³/mol. The van der Waals surface area contributed by atoms with Crippen LogP contribution in [0.25, 0.3) is 0 Å². The summed E-state index contributed by atoms with van der Waals surface area (Å²) in [6.45, 7) is 11.5. The van der Waals surface area contributed by atoms with Gasteiger partial charge >= 0.3 is 0 Å². The van der Waals surface area contributed by atoms with Crippen molar-refractivity contribution < 1.29 is 0 Å². The maximum atomic E-state index is 2.42. The van der Waals surface area contributed by atoms with Gasteiger partial charge in [-0.3, -0.25) is 4.90 Å². The van der Waals surface area contributed by atoms with Crippen molar-refractivity contribution in [2.75, 3.05) is 27.3 Å². The molecule has 1 aliphatic rings. The van der Waals surface area contributed by atoms with Gasteiger partial charge in [-0.2, -0.15) is 0 Å². The fourth-order valence-corrected chi connectivity index (χ4v) is 2.59. The molecule has 0 radical (unpaired) electrons. The highest BCUT2D eigenvalue weighted by Crippen LogP contribution is 2.28. The zero-order valence-corrected chi connectivity index (χ0v) is 11.2. The lowest BCUT2D eigenvalue weighted by atomic mass is 9.92. The molecule has 0 unspecified atom stereocenters. The van der Waals surface area contributed by atoms with Gasteiger partial charge in [0.15, 0.2) is 0 Å². The number of nitrogens with zero attached hydrogens (tertiary/aromatic N) is 2. The van der Waals surface area contributed by atoms with Crippen molar-refractivity contribution in [3.63, 3.8) is 0 Å². The molecule has 0 atom stereocenters. The highest BCUT2D eigenvalue weighted by molar-refractivity contribution is 5.18. The zero-order valence-electron chi connectivity index (χ0n) is 11.2. The Labute approximate surface area is 94.9 Å². The molecule has 0 aromatic carbocycles. The number of hydrogen-bond acceptors (Lipinski definition) is 2. The molecule has 1 aliphatic heterocycles. The molecule has 0 aliphatic carbocycles. The van der Waals surface area contributed by atoms with E-state index in [0.29, 0.717) is 11.8 Å². The lowest BCUT2D eigenvalue weighted by Gasteiger charge is -2.29. The van der Waals surface area contributed by atoms with E-state index in [0.717, 1.165) is 6.67 Å². The van der Waals surface area contributed by atoms with Gasteiger partial charge in [0.2, 0.25) is 0 Å². The van der Waals surface area contributed by atoms with Crippen LogP contribution in [0.5, 0.6) is 0 Å². The first-order valence-electron chi connectivity index (χ1n) is 6.06. The maximum absolute atomic E-state index is 2.42. The smallest absolute Gasteiger partial charge is 0.0698 e. The molecular weight excluding hydrogens is 184 g/mol. The van der Waals surface area contributed by atoms with Crippen molar-refractivity contribution in [2.24, 2.45) is 11.8 Å². The first-order valence-corrected chi connectivity index (χ1v) is 6.06. The third-order valence-electron chi connectivity index (χ3n) is 3.20. The van der Waals surface area contributed by atoms with Gasteiger partial charge in [-0.1, -0.05) is 27.7 Å². The van der Waals surface area contributed by atoms with Gasteiger partial charge in [-0.25, -0.2) is 0 Å². The average Bonchev–Trinajstić information content (AvgIpc) is 2.23. The first-order chi connectivity index (χ1) is 6.93. The van der Waals surface area contributed by atoms with Gasteiger partial charge in [0.25, 0.3) is 0 Å². The largest absolute Gasteiger partial charge is 0.365 e. The Bertz CT molecular complexity index is 241. The van der Waals surface area contributed by atoms with Crippen LogP contribution >= 0.6 is 0 Å². The summed E-state index contributed by atoms with van der Waals surface area (Å²) in [4.78, 5) is 4.82. The predicted octanol–water partition coefficient (Wildman–Crippen LogP) is 2.78. The Kier molecular flexibility index (Phi) is 4.21. The van der Waals surface area contributed by atoms with E-state index in [1.165, 1.54) is 13.0 Å². The molecule has 0 bridgehead atoms. The Hall–Kier alpha value is -0.500. The van der Waals surface area contributed by atoms with Gasteiger partial charge in [-0.05, 0) is 30.9 Å². The maximum Gasteiger partial charge on any atom is 0.0698 e. The molecule has 0 aromatic rings. The zero-order chi connectivity index (χ0) is 11.6. The standard InChI is InChI=1S/C13H26N2/c1-10(2)12-7-8-14(5)9-15(6)13(12)11(3)4/h10-11H,7-9H2,1-6H3. The third kappa shape index (κ3) is 2.97. The number of allylic oxidation sites excluding steroid dienone is 1. The quantitative estimate of drug-likeness (QED) is 0.691. The lowest BCUT2D eigenvalue weighted by Crippen LogP contribution is -2.32. The molecule has 88 valence electrons. The van der Waals surface area contributed by atoms with Crippen LogP contribution in [-0.2, 0) is 0 Å². The SMILES string of the molecule is CC(C)C1=C(C(C)C)N(C)CN(C)CC1. The molecular formula is C13H26N2. The van der Waals surface area contributed by atoms with E-state index in [1.807, 2.05) is 0 Å². The van der Waals surface area contributed by atoms with Crippen LogP contribution in [0.1, 0.15) is 34.1 Å². The van der Waals surface area contributed by atoms with Crippen LogP contribution in [-0.4, -0.2) is 37.1 Å². The number of hydrogen-bond donors (Lipinski definition) is 0. The minimum Gasteiger partial charge on any atom is -0.365 e. The van der Waals surface area contributed by atoms with Gasteiger partial charge < -0.3 is 4.90 Å². The van der Waals surface area contributed by atoms with E-state index in [4.69, 9.17) is 0 Å². The molecule has 0 saturated carbocycles. The van der Waals surface area contributed by atoms with Crippen molar-refractivity contribution in [1.82, 2.24) is 9.80 Å². The molecule has 2 heteroatoms. The summed E-state index contributed by atoms with van der Waals surface area (Å²) in [5, 5.41) is 0. The molecule has 1 rings (SSSR count). The van der Waals surface area contributed by atoms with Crippen LogP contribution in [0.4, 0.5) is 0 Å². The van der Waals surface area contributed by atoms with Crippen molar-refractivity contribution >= 4 is 0 Å². The third-order valence-corrected chi connectivity index (χ3v) is 3.20. The van der Waals surface area contributed by atoms with Gasteiger partial charge in [0, 0.05) is 19.3 Å². The van der Waals surface area contributed by atoms with Crippen LogP contribution in [0.15, 0.2) is 11.3 Å². The van der Waals surface area contributed by atoms with Gasteiger partial charge in [-0.15, -0.1) is 0 Å². The molecule has 0 aromatic heterocycles. The minimum atomic E-state index is 0.638. The summed E-state index contributed by atoms with van der Waals surface area (Å²) in [5.74, 6) is 1.32. The Morgan fingerprint density at radius 3 is 2.07 bits per heavy atom. The van der Waals surface area contributed by atoms with Crippen LogP contribution in [0.2, 0.25) is 0 Å². The molecule has 0 amide bonds. The van der Waals surface area contributed by atoms with Gasteiger partial charge in [0.05, 0.1) is 6.67 Å². The second-order valence-electron chi connectivity index (χ2n) is 5.39. The van der Waals surface area contributed by atoms with Crippen LogP contribution < -0.4 is 0 Å². The van der Waals surface area contributed by atoms with E-state index < -0.39 is 0 Å². The second kappa shape index (κ2) is 5.02. The van der Waals surface area contributed by atoms with E-state index in [1.54, 1.807) is 11.3 Å². The molecule has 0 saturated heterocycles. The summed E-state index contributed by atoms with van der Waals surface area (Å²) in [6.07, 6.45) is 1.23. The Morgan fingerprint density at radius 1 is 1.00 bits per heavy atom. The summed E-state index contributed by atoms with van der Waals surface area (Å²) in [5.41, 5.74) is 3.21. The monoisotopic (exact) mass is 210 g/mol. The summed E-state index contributed by atoms with van der Waals surface area (Å²) >= 11 is 0. The topological polar surface area (TPSA) is 6.48 Å². The second-order valence-corrected chi connectivity index (χ2v) is 5.39. The molecule has 2 nitrogen and oxygen atoms in total. The fourth-order valence-electron chi connectivity index (χ4n) is 2.59. The highest BCUT2D eigenvalue weighted by Gasteiger charge is 2.21. The summed E-state index contributed by atoms with van der Waals surface area (Å²) < 4.78 is 0. The molecule has 0 fully saturated rings. The number of rotatable bonds is 2. The van der Waals surface area contributed by atoms with Crippen LogP contribution in [0, 0.1) is 11.8 Å². The molecule has 0 N–H and O–H groups in total. The van der Waals surface area contributed by atoms with E-state index in [-0.39, 0.29) is 0 Å². The molecule has 0 spiro atoms. The summed E-state index contributed by atoms with van der Waals surface area (Å²) in [6, 6.07) is 0. The Balaban J connectivity index is 3.02. The molecule has 15 heavy (non-hydrogen) atoms. The van der Waals surface area contributed by atoms with Crippen molar-refractivity contribution in [1.29, 1.82) is 0 Å². The van der Waals surface area contributed by atoms with Gasteiger partial charge in [0.1, 0.15) is 0 Å². The van der Waals surface area contributed by atoms with Crippen molar-refractivity contribution in [2.45, 2.75) is 34.1 Å². The van der Waals surface area contributed by atoms with E-state index in [9.17, 15) is 0 Å². The highest BCUT2D eigenvalue weighted by atomic mass is 15.3. The summed E-state index contributed by atoms with van der Waals surface area (Å²) in [7, 11) is 4.43. The van der Waals surface area contributed by atoms with Crippen molar-refractivity contribution in [3.05, 3.63) is 11.3 Å². The Morgan fingerprint density at radius 2 is 1.60 bits per heavy atom. The average molecular weight is 210 g/mol. The van der Waals surface area contributed by atoms with E-state index in [2.05, 4.69) is 51.6 Å². The fraction of sp³-hybridized carbons (Fsp3) is 0.846. The lowest BCUT2D eigenvalue weighted by molar-refractivity contribution is 0.219. The normalized spacial score (nSPS) is 20.4. The first kappa shape index (κ1) is 12.6. The minimum absolute atomic E-state index is 0.638. The van der Waals surface area contributed by atoms with E-state index >= 15 is 0 Å². The van der Waals surface area contributed by atoms with Crippen LogP contribution in [0.3, 0.4) is 0 Å². The van der Waals surface area contributed by atoms with Crippen molar-refractivity contribution in [3.8, 4) is 0 Å². The molecule has 1 heterocycles.